The van der Waals surface area contributed by atoms with Gasteiger partial charge in [-0.3, -0.25) is 4.79 Å². The average Bonchev–Trinajstić information content (AvgIpc) is 1.61. The van der Waals surface area contributed by atoms with Crippen molar-refractivity contribution in [3.05, 3.63) is 0 Å². The Bertz CT molecular complexity index is 67.1. The Morgan fingerprint density at radius 1 is 1.75 bits per heavy atom. The van der Waals surface area contributed by atoms with E-state index >= 15 is 0 Å². The first-order chi connectivity index (χ1) is 3.27. The number of nitrogens with one attached hydrogen (secondary N) is 1. The Balaban J connectivity index is 0. The summed E-state index contributed by atoms with van der Waals surface area (Å²) in [6.07, 6.45) is 0.205. The van der Waals surface area contributed by atoms with E-state index in [0.717, 1.165) is 0 Å². The van der Waals surface area contributed by atoms with Crippen LogP contribution in [0, 0.1) is 0 Å². The smallest absolute Gasteiger partial charge is 0.481 e. The van der Waals surface area contributed by atoms with Crippen LogP contribution in [0.1, 0.15) is 6.42 Å². The van der Waals surface area contributed by atoms with E-state index in [2.05, 4.69) is 5.32 Å². The normalized spacial score (nSPS) is 7.62. The van der Waals surface area contributed by atoms with Gasteiger partial charge in [0.05, 0.1) is 6.42 Å². The molecule has 0 aromatic heterocycles. The fraction of sp³-hybridized carbons (Fsp3) is 0.750. The summed E-state index contributed by atoms with van der Waals surface area (Å²) in [7, 11) is 1.73. The second-order valence-corrected chi connectivity index (χ2v) is 1.25. The molecule has 42 valence electrons. The van der Waals surface area contributed by atoms with Crippen LogP contribution < -0.4 is 34.9 Å². The van der Waals surface area contributed by atoms with E-state index in [-0.39, 0.29) is 36.0 Å². The van der Waals surface area contributed by atoms with Crippen LogP contribution in [0.2, 0.25) is 0 Å². The van der Waals surface area contributed by atoms with Gasteiger partial charge in [-0.15, -0.1) is 0 Å². The van der Waals surface area contributed by atoms with Gasteiger partial charge in [0.15, 0.2) is 0 Å². The van der Waals surface area contributed by atoms with Gasteiger partial charge in [0, 0.05) is 6.54 Å². The Kier molecular flexibility index (Phi) is 10.5. The first-order valence-corrected chi connectivity index (χ1v) is 2.13. The van der Waals surface area contributed by atoms with Gasteiger partial charge < -0.3 is 10.4 Å². The van der Waals surface area contributed by atoms with Crippen LogP contribution in [0.25, 0.3) is 0 Å². The maximum Gasteiger partial charge on any atom is 1.00 e. The van der Waals surface area contributed by atoms with E-state index in [9.17, 15) is 4.79 Å². The van der Waals surface area contributed by atoms with Crippen molar-refractivity contribution in [2.24, 2.45) is 0 Å². The molecular weight excluding hydrogens is 117 g/mol. The fourth-order valence-corrected chi connectivity index (χ4v) is 0.232. The van der Waals surface area contributed by atoms with Gasteiger partial charge in [-0.25, -0.2) is 0 Å². The summed E-state index contributed by atoms with van der Waals surface area (Å²) in [6.45, 7) is 0.551. The maximum atomic E-state index is 9.72. The summed E-state index contributed by atoms with van der Waals surface area (Å²) in [6, 6.07) is 0. The van der Waals surface area contributed by atoms with Crippen LogP contribution in [-0.2, 0) is 4.79 Å². The Morgan fingerprint density at radius 2 is 2.25 bits per heavy atom. The second-order valence-electron chi connectivity index (χ2n) is 1.25. The van der Waals surface area contributed by atoms with Gasteiger partial charge in [-0.05, 0) is 7.05 Å². The van der Waals surface area contributed by atoms with Crippen molar-refractivity contribution in [2.75, 3.05) is 13.6 Å². The Labute approximate surface area is 70.8 Å². The third-order valence-corrected chi connectivity index (χ3v) is 0.589. The predicted molar refractivity (Wildman–Crippen MR) is 26.2 cm³/mol. The van der Waals surface area contributed by atoms with Crippen LogP contribution in [-0.4, -0.2) is 24.7 Å². The van der Waals surface area contributed by atoms with Crippen molar-refractivity contribution in [3.63, 3.8) is 0 Å². The molecule has 0 radical (unpaired) electrons. The van der Waals surface area contributed by atoms with E-state index < -0.39 is 5.97 Å². The molecule has 0 bridgehead atoms. The van der Waals surface area contributed by atoms with Gasteiger partial charge in [-0.1, -0.05) is 0 Å². The molecular formula is C4H9NNaO2+. The minimum absolute atomic E-state index is 0. The molecule has 4 heteroatoms. The van der Waals surface area contributed by atoms with E-state index in [0.29, 0.717) is 6.54 Å². The molecule has 0 rings (SSSR count). The zero-order chi connectivity index (χ0) is 5.70. The molecule has 0 fully saturated rings. The molecule has 0 atom stereocenters. The third-order valence-electron chi connectivity index (χ3n) is 0.589. The molecule has 0 aromatic carbocycles. The Hall–Kier alpha value is 0.430. The zero-order valence-electron chi connectivity index (χ0n) is 5.27. The van der Waals surface area contributed by atoms with Crippen molar-refractivity contribution in [1.82, 2.24) is 5.32 Å². The molecule has 0 aliphatic heterocycles. The van der Waals surface area contributed by atoms with Crippen LogP contribution in [0.15, 0.2) is 0 Å². The SMILES string of the molecule is CNCCC(=O)O.[Na+]. The second kappa shape index (κ2) is 7.43. The topological polar surface area (TPSA) is 49.3 Å². The zero-order valence-corrected chi connectivity index (χ0v) is 7.27. The van der Waals surface area contributed by atoms with E-state index in [1.807, 2.05) is 0 Å². The van der Waals surface area contributed by atoms with Gasteiger partial charge in [0.2, 0.25) is 0 Å². The number of hydrogen-bond acceptors (Lipinski definition) is 2. The predicted octanol–water partition coefficient (Wildman–Crippen LogP) is -3.32. The molecule has 0 aliphatic carbocycles. The Morgan fingerprint density at radius 3 is 2.38 bits per heavy atom. The third kappa shape index (κ3) is 9.66. The largest absolute Gasteiger partial charge is 1.00 e. The molecule has 0 aliphatic rings. The molecule has 0 saturated carbocycles. The van der Waals surface area contributed by atoms with Crippen molar-refractivity contribution in [2.45, 2.75) is 6.42 Å². The molecule has 0 aromatic rings. The molecule has 3 nitrogen and oxygen atoms in total. The van der Waals surface area contributed by atoms with Gasteiger partial charge >= 0.3 is 35.5 Å². The number of carbonyl (C=O) groups is 1. The summed E-state index contributed by atoms with van der Waals surface area (Å²) in [5, 5.41) is 10.7. The first-order valence-electron chi connectivity index (χ1n) is 2.13. The minimum Gasteiger partial charge on any atom is -0.481 e. The molecule has 8 heavy (non-hydrogen) atoms. The van der Waals surface area contributed by atoms with Crippen molar-refractivity contribution in [1.29, 1.82) is 0 Å². The van der Waals surface area contributed by atoms with E-state index in [1.54, 1.807) is 7.05 Å². The molecule has 0 amide bonds. The maximum absolute atomic E-state index is 9.72. The minimum atomic E-state index is -0.755. The number of hydrogen-bond donors (Lipinski definition) is 2. The summed E-state index contributed by atoms with van der Waals surface area (Å²) < 4.78 is 0. The summed E-state index contributed by atoms with van der Waals surface area (Å²) >= 11 is 0. The number of carboxylic acids is 1. The average molecular weight is 126 g/mol. The molecule has 0 spiro atoms. The molecule has 0 heterocycles. The van der Waals surface area contributed by atoms with Crippen molar-refractivity contribution in [3.8, 4) is 0 Å². The first kappa shape index (κ1) is 11.3. The van der Waals surface area contributed by atoms with Crippen molar-refractivity contribution >= 4 is 5.97 Å². The molecule has 2 N–H and O–H groups in total. The summed E-state index contributed by atoms with van der Waals surface area (Å²) in [4.78, 5) is 9.72. The monoisotopic (exact) mass is 126 g/mol. The molecule has 0 saturated heterocycles. The van der Waals surface area contributed by atoms with Crippen LogP contribution in [0.3, 0.4) is 0 Å². The van der Waals surface area contributed by atoms with Crippen LogP contribution in [0.5, 0.6) is 0 Å². The van der Waals surface area contributed by atoms with Crippen LogP contribution in [0.4, 0.5) is 0 Å². The number of carboxylic acid groups (broad SMARTS) is 1. The van der Waals surface area contributed by atoms with E-state index in [4.69, 9.17) is 5.11 Å². The summed E-state index contributed by atoms with van der Waals surface area (Å²) in [5.41, 5.74) is 0. The van der Waals surface area contributed by atoms with Crippen LogP contribution >= 0.6 is 0 Å². The number of rotatable bonds is 3. The van der Waals surface area contributed by atoms with Gasteiger partial charge in [-0.2, -0.15) is 0 Å². The standard InChI is InChI=1S/C4H9NO2.Na/c1-5-3-2-4(6)7;/h5H,2-3H2,1H3,(H,6,7);/q;+1. The quantitative estimate of drug-likeness (QED) is 0.389. The van der Waals surface area contributed by atoms with Gasteiger partial charge in [0.1, 0.15) is 0 Å². The number of aliphatic carboxylic acids is 1. The van der Waals surface area contributed by atoms with Crippen molar-refractivity contribution < 1.29 is 39.5 Å². The summed E-state index contributed by atoms with van der Waals surface area (Å²) in [5.74, 6) is -0.755. The fourth-order valence-electron chi connectivity index (χ4n) is 0.232. The molecule has 0 unspecified atom stereocenters. The van der Waals surface area contributed by atoms with E-state index in [1.165, 1.54) is 0 Å². The van der Waals surface area contributed by atoms with Gasteiger partial charge in [0.25, 0.3) is 0 Å².